The van der Waals surface area contributed by atoms with Gasteiger partial charge in [-0.3, -0.25) is 9.88 Å². The van der Waals surface area contributed by atoms with Gasteiger partial charge in [-0.25, -0.2) is 9.18 Å². The van der Waals surface area contributed by atoms with Gasteiger partial charge in [-0.15, -0.1) is 0 Å². The monoisotopic (exact) mass is 342 g/mol. The van der Waals surface area contributed by atoms with Crippen molar-refractivity contribution < 1.29 is 9.18 Å². The zero-order valence-corrected chi connectivity index (χ0v) is 14.1. The van der Waals surface area contributed by atoms with Crippen molar-refractivity contribution in [2.75, 3.05) is 25.0 Å². The highest BCUT2D eigenvalue weighted by atomic mass is 19.1. The number of halogens is 1. The van der Waals surface area contributed by atoms with E-state index < -0.39 is 0 Å². The zero-order valence-electron chi connectivity index (χ0n) is 14.1. The Morgan fingerprint density at radius 2 is 2.24 bits per heavy atom. The number of carbonyl (C=O) groups is 1. The van der Waals surface area contributed by atoms with Crippen LogP contribution in [0.4, 0.5) is 14.9 Å². The number of hydrogen-bond acceptors (Lipinski definition) is 3. The molecule has 1 fully saturated rings. The predicted molar refractivity (Wildman–Crippen MR) is 95.7 cm³/mol. The second-order valence-electron chi connectivity index (χ2n) is 6.45. The third-order valence-corrected chi connectivity index (χ3v) is 4.37. The summed E-state index contributed by atoms with van der Waals surface area (Å²) in [5, 5.41) is 5.55. The topological polar surface area (TPSA) is 57.3 Å². The van der Waals surface area contributed by atoms with Crippen LogP contribution in [0.2, 0.25) is 0 Å². The Bertz CT molecular complexity index is 695. The van der Waals surface area contributed by atoms with Crippen molar-refractivity contribution in [2.24, 2.45) is 5.92 Å². The molecular weight excluding hydrogens is 319 g/mol. The second-order valence-corrected chi connectivity index (χ2v) is 6.45. The number of pyridine rings is 1. The van der Waals surface area contributed by atoms with Gasteiger partial charge in [-0.05, 0) is 55.1 Å². The van der Waals surface area contributed by atoms with Crippen LogP contribution in [0.25, 0.3) is 0 Å². The normalized spacial score (nSPS) is 17.9. The van der Waals surface area contributed by atoms with Crippen LogP contribution in [0.15, 0.2) is 48.8 Å². The summed E-state index contributed by atoms with van der Waals surface area (Å²) in [7, 11) is 0. The largest absolute Gasteiger partial charge is 0.338 e. The molecule has 2 heterocycles. The molecule has 1 aliphatic heterocycles. The van der Waals surface area contributed by atoms with Crippen LogP contribution in [0.1, 0.15) is 18.4 Å². The van der Waals surface area contributed by atoms with Crippen LogP contribution in [0.3, 0.4) is 0 Å². The quantitative estimate of drug-likeness (QED) is 0.877. The number of rotatable bonds is 5. The minimum atomic E-state index is -0.365. The lowest BCUT2D eigenvalue weighted by Crippen LogP contribution is -2.41. The number of amides is 2. The fourth-order valence-corrected chi connectivity index (χ4v) is 3.19. The summed E-state index contributed by atoms with van der Waals surface area (Å²) in [6.45, 7) is 3.53. The number of carbonyl (C=O) groups excluding carboxylic acids is 1. The number of urea groups is 1. The van der Waals surface area contributed by atoms with Crippen molar-refractivity contribution >= 4 is 11.7 Å². The molecule has 1 aromatic carbocycles. The minimum absolute atomic E-state index is 0.296. The third-order valence-electron chi connectivity index (χ3n) is 4.37. The first kappa shape index (κ1) is 17.4. The molecule has 1 aliphatic rings. The fraction of sp³-hybridized carbons (Fsp3) is 0.368. The molecule has 0 bridgehead atoms. The van der Waals surface area contributed by atoms with E-state index in [1.165, 1.54) is 17.7 Å². The van der Waals surface area contributed by atoms with Crippen molar-refractivity contribution in [3.8, 4) is 0 Å². The summed E-state index contributed by atoms with van der Waals surface area (Å²) >= 11 is 0. The van der Waals surface area contributed by atoms with Gasteiger partial charge in [-0.2, -0.15) is 0 Å². The van der Waals surface area contributed by atoms with Crippen molar-refractivity contribution in [1.82, 2.24) is 15.2 Å². The first-order chi connectivity index (χ1) is 12.2. The highest BCUT2D eigenvalue weighted by Crippen LogP contribution is 2.18. The number of benzene rings is 1. The molecule has 0 saturated carbocycles. The molecule has 0 radical (unpaired) electrons. The maximum atomic E-state index is 13.1. The molecule has 1 saturated heterocycles. The van der Waals surface area contributed by atoms with Crippen molar-refractivity contribution in [1.29, 1.82) is 0 Å². The molecule has 2 aromatic rings. The summed E-state index contributed by atoms with van der Waals surface area (Å²) in [4.78, 5) is 18.5. The standard InChI is InChI=1S/C19H23FN4O/c20-17-6-1-7-18(10-17)23-19(25)22-12-16-5-3-9-24(14-16)13-15-4-2-8-21-11-15/h1-2,4,6-8,10-11,16H,3,5,9,12-14H2,(H2,22,23,25)/t16-/m0/s1. The van der Waals surface area contributed by atoms with E-state index in [0.717, 1.165) is 32.5 Å². The van der Waals surface area contributed by atoms with Crippen LogP contribution < -0.4 is 10.6 Å². The van der Waals surface area contributed by atoms with Crippen molar-refractivity contribution in [2.45, 2.75) is 19.4 Å². The zero-order chi connectivity index (χ0) is 17.5. The summed E-state index contributed by atoms with van der Waals surface area (Å²) in [5.74, 6) is 0.0554. The predicted octanol–water partition coefficient (Wildman–Crippen LogP) is 3.25. The SMILES string of the molecule is O=C(NC[C@@H]1CCCN(Cc2cccnc2)C1)Nc1cccc(F)c1. The number of aromatic nitrogens is 1. The first-order valence-corrected chi connectivity index (χ1v) is 8.61. The van der Waals surface area contributed by atoms with E-state index in [4.69, 9.17) is 0 Å². The first-order valence-electron chi connectivity index (χ1n) is 8.61. The highest BCUT2D eigenvalue weighted by molar-refractivity contribution is 5.89. The van der Waals surface area contributed by atoms with E-state index >= 15 is 0 Å². The van der Waals surface area contributed by atoms with E-state index in [2.05, 4.69) is 26.6 Å². The molecule has 2 N–H and O–H groups in total. The van der Waals surface area contributed by atoms with Crippen molar-refractivity contribution in [3.63, 3.8) is 0 Å². The van der Waals surface area contributed by atoms with Gasteiger partial charge < -0.3 is 10.6 Å². The smallest absolute Gasteiger partial charge is 0.319 e. The summed E-state index contributed by atoms with van der Waals surface area (Å²) in [6.07, 6.45) is 5.90. The molecule has 0 spiro atoms. The molecule has 3 rings (SSSR count). The molecule has 132 valence electrons. The summed E-state index contributed by atoms with van der Waals surface area (Å²) < 4.78 is 13.1. The number of hydrogen-bond donors (Lipinski definition) is 2. The lowest BCUT2D eigenvalue weighted by atomic mass is 9.97. The number of piperidine rings is 1. The van der Waals surface area contributed by atoms with E-state index in [9.17, 15) is 9.18 Å². The maximum absolute atomic E-state index is 13.1. The summed E-state index contributed by atoms with van der Waals surface area (Å²) in [5.41, 5.74) is 1.67. The average Bonchev–Trinajstić information content (AvgIpc) is 2.61. The van der Waals surface area contributed by atoms with E-state index in [1.54, 1.807) is 18.3 Å². The summed E-state index contributed by atoms with van der Waals surface area (Å²) in [6, 6.07) is 9.63. The lowest BCUT2D eigenvalue weighted by Gasteiger charge is -2.32. The van der Waals surface area contributed by atoms with Crippen LogP contribution in [0.5, 0.6) is 0 Å². The molecule has 0 unspecified atom stereocenters. The van der Waals surface area contributed by atoms with Crippen LogP contribution in [-0.4, -0.2) is 35.5 Å². The lowest BCUT2D eigenvalue weighted by molar-refractivity contribution is 0.166. The molecule has 1 atom stereocenters. The molecule has 0 aliphatic carbocycles. The van der Waals surface area contributed by atoms with Gasteiger partial charge in [0.1, 0.15) is 5.82 Å². The van der Waals surface area contributed by atoms with Gasteiger partial charge in [0.15, 0.2) is 0 Å². The molecule has 6 heteroatoms. The van der Waals surface area contributed by atoms with Crippen LogP contribution >= 0.6 is 0 Å². The average molecular weight is 342 g/mol. The Labute approximate surface area is 147 Å². The van der Waals surface area contributed by atoms with Gasteiger partial charge in [0.25, 0.3) is 0 Å². The third kappa shape index (κ3) is 5.53. The number of likely N-dealkylation sites (tertiary alicyclic amines) is 1. The minimum Gasteiger partial charge on any atom is -0.338 e. The second kappa shape index (κ2) is 8.58. The molecule has 2 amide bonds. The molecule has 1 aromatic heterocycles. The van der Waals surface area contributed by atoms with Gasteiger partial charge >= 0.3 is 6.03 Å². The Balaban J connectivity index is 1.44. The van der Waals surface area contributed by atoms with E-state index in [1.807, 2.05) is 12.3 Å². The highest BCUT2D eigenvalue weighted by Gasteiger charge is 2.20. The Hall–Kier alpha value is -2.47. The van der Waals surface area contributed by atoms with Gasteiger partial charge in [0, 0.05) is 37.7 Å². The van der Waals surface area contributed by atoms with Gasteiger partial charge in [0.05, 0.1) is 0 Å². The fourth-order valence-electron chi connectivity index (χ4n) is 3.19. The Kier molecular flexibility index (Phi) is 5.95. The number of anilines is 1. The van der Waals surface area contributed by atoms with Gasteiger partial charge in [-0.1, -0.05) is 12.1 Å². The molecular formula is C19H23FN4O. The van der Waals surface area contributed by atoms with Crippen LogP contribution in [-0.2, 0) is 6.54 Å². The van der Waals surface area contributed by atoms with Gasteiger partial charge in [0.2, 0.25) is 0 Å². The Morgan fingerprint density at radius 1 is 1.32 bits per heavy atom. The van der Waals surface area contributed by atoms with E-state index in [0.29, 0.717) is 18.2 Å². The molecule has 25 heavy (non-hydrogen) atoms. The number of nitrogens with zero attached hydrogens (tertiary/aromatic N) is 2. The van der Waals surface area contributed by atoms with E-state index in [-0.39, 0.29) is 11.8 Å². The number of nitrogens with one attached hydrogen (secondary N) is 2. The molecule has 5 nitrogen and oxygen atoms in total. The maximum Gasteiger partial charge on any atom is 0.319 e. The van der Waals surface area contributed by atoms with Crippen molar-refractivity contribution in [3.05, 3.63) is 60.2 Å². The Morgan fingerprint density at radius 3 is 3.04 bits per heavy atom. The van der Waals surface area contributed by atoms with Crippen LogP contribution in [0, 0.1) is 11.7 Å².